The summed E-state index contributed by atoms with van der Waals surface area (Å²) in [6.07, 6.45) is 4.61. The number of fused-ring (bicyclic) bond motifs is 3. The molecule has 0 spiro atoms. The van der Waals surface area contributed by atoms with Crippen molar-refractivity contribution in [2.24, 2.45) is 11.1 Å². The van der Waals surface area contributed by atoms with E-state index in [-0.39, 0.29) is 11.5 Å². The lowest BCUT2D eigenvalue weighted by Crippen LogP contribution is -2.27. The average molecular weight is 346 g/mol. The Kier molecular flexibility index (Phi) is 3.73. The molecule has 0 aromatic carbocycles. The maximum absolute atomic E-state index is 6.11. The largest absolute Gasteiger partial charge is 0.368 e. The van der Waals surface area contributed by atoms with Gasteiger partial charge in [-0.3, -0.25) is 0 Å². The van der Waals surface area contributed by atoms with Crippen LogP contribution in [0.4, 0.5) is 11.8 Å². The molecule has 2 aromatic heterocycles. The van der Waals surface area contributed by atoms with Crippen LogP contribution >= 0.6 is 11.3 Å². The number of hydrogen-bond donors (Lipinski definition) is 2. The van der Waals surface area contributed by atoms with Gasteiger partial charge in [0.25, 0.3) is 0 Å². The Morgan fingerprint density at radius 2 is 2.00 bits per heavy atom. The maximum atomic E-state index is 6.11. The van der Waals surface area contributed by atoms with Gasteiger partial charge in [-0.25, -0.2) is 4.98 Å². The van der Waals surface area contributed by atoms with Crippen molar-refractivity contribution in [3.05, 3.63) is 10.4 Å². The van der Waals surface area contributed by atoms with Crippen LogP contribution in [0, 0.1) is 5.41 Å². The third kappa shape index (κ3) is 2.56. The number of nitrogen functional groups attached to an aromatic ring is 1. The number of anilines is 2. The van der Waals surface area contributed by atoms with E-state index in [1.165, 1.54) is 28.0 Å². The first-order valence-electron chi connectivity index (χ1n) is 8.94. The lowest BCUT2D eigenvalue weighted by Gasteiger charge is -2.33. The van der Waals surface area contributed by atoms with Gasteiger partial charge in [-0.15, -0.1) is 11.3 Å². The summed E-state index contributed by atoms with van der Waals surface area (Å²) < 4.78 is 1.21. The van der Waals surface area contributed by atoms with Gasteiger partial charge in [0.1, 0.15) is 0 Å². The molecule has 6 heteroatoms. The fourth-order valence-electron chi connectivity index (χ4n) is 4.20. The van der Waals surface area contributed by atoms with Crippen molar-refractivity contribution < 1.29 is 0 Å². The first-order valence-corrected chi connectivity index (χ1v) is 9.75. The summed E-state index contributed by atoms with van der Waals surface area (Å²) in [5.74, 6) is 1.98. The van der Waals surface area contributed by atoms with Crippen molar-refractivity contribution in [2.75, 3.05) is 23.7 Å². The van der Waals surface area contributed by atoms with Crippen LogP contribution in [0.2, 0.25) is 0 Å². The van der Waals surface area contributed by atoms with Gasteiger partial charge in [0.2, 0.25) is 5.95 Å². The van der Waals surface area contributed by atoms with Crippen LogP contribution in [0.15, 0.2) is 0 Å². The Morgan fingerprint density at radius 3 is 2.67 bits per heavy atom. The molecule has 2 aromatic rings. The zero-order chi connectivity index (χ0) is 17.1. The van der Waals surface area contributed by atoms with Crippen LogP contribution < -0.4 is 16.4 Å². The van der Waals surface area contributed by atoms with E-state index in [9.17, 15) is 0 Å². The molecule has 1 unspecified atom stereocenters. The van der Waals surface area contributed by atoms with Gasteiger partial charge in [-0.1, -0.05) is 20.8 Å². The van der Waals surface area contributed by atoms with Gasteiger partial charge in [0.15, 0.2) is 5.82 Å². The third-order valence-corrected chi connectivity index (χ3v) is 6.80. The maximum Gasteiger partial charge on any atom is 0.222 e. The van der Waals surface area contributed by atoms with Crippen LogP contribution in [0.25, 0.3) is 10.2 Å². The van der Waals surface area contributed by atoms with Crippen molar-refractivity contribution in [2.45, 2.75) is 58.4 Å². The van der Waals surface area contributed by atoms with Crippen LogP contribution in [-0.4, -0.2) is 29.1 Å². The standard InChI is InChI=1S/C18H27N5S/c1-18(2,3)12-6-4-5-11-13-15(24-14(11)12)16(22-17(20)21-13)23-8-7-10(19)9-23/h10,12H,4-9,19H2,1-3H3,(H2,20,21,22)/t10-,12?/m1/s1. The normalized spacial score (nSPS) is 24.6. The SMILES string of the molecule is CC(C)(C)C1CCCc2c1sc1c(N3CC[C@@H](N)C3)nc(N)nc21. The summed E-state index contributed by atoms with van der Waals surface area (Å²) >= 11 is 1.90. The second-order valence-electron chi connectivity index (χ2n) is 8.33. The second-order valence-corrected chi connectivity index (χ2v) is 9.39. The molecule has 2 atom stereocenters. The first-order chi connectivity index (χ1) is 11.3. The van der Waals surface area contributed by atoms with E-state index >= 15 is 0 Å². The molecule has 0 amide bonds. The monoisotopic (exact) mass is 345 g/mol. The zero-order valence-corrected chi connectivity index (χ0v) is 15.6. The highest BCUT2D eigenvalue weighted by Crippen LogP contribution is 2.50. The lowest BCUT2D eigenvalue weighted by atomic mass is 9.73. The number of rotatable bonds is 1. The Labute approximate surface area is 147 Å². The summed E-state index contributed by atoms with van der Waals surface area (Å²) in [5, 5.41) is 0. The fourth-order valence-corrected chi connectivity index (χ4v) is 5.89. The van der Waals surface area contributed by atoms with Gasteiger partial charge in [-0.2, -0.15) is 4.98 Å². The van der Waals surface area contributed by atoms with Crippen molar-refractivity contribution in [3.63, 3.8) is 0 Å². The van der Waals surface area contributed by atoms with Crippen LogP contribution in [0.5, 0.6) is 0 Å². The van der Waals surface area contributed by atoms with E-state index in [1.54, 1.807) is 0 Å². The number of nitrogens with zero attached hydrogens (tertiary/aromatic N) is 3. The fraction of sp³-hybridized carbons (Fsp3) is 0.667. The van der Waals surface area contributed by atoms with Gasteiger partial charge in [0, 0.05) is 24.0 Å². The molecule has 1 fully saturated rings. The van der Waals surface area contributed by atoms with Crippen molar-refractivity contribution >= 4 is 33.3 Å². The van der Waals surface area contributed by atoms with Gasteiger partial charge < -0.3 is 16.4 Å². The molecule has 2 aliphatic rings. The highest BCUT2D eigenvalue weighted by atomic mass is 32.1. The number of thiophene rings is 1. The van der Waals surface area contributed by atoms with Gasteiger partial charge in [0.05, 0.1) is 10.2 Å². The molecule has 24 heavy (non-hydrogen) atoms. The van der Waals surface area contributed by atoms with Crippen molar-refractivity contribution in [3.8, 4) is 0 Å². The Balaban J connectivity index is 1.89. The molecule has 0 bridgehead atoms. The molecule has 130 valence electrons. The minimum atomic E-state index is 0.230. The summed E-state index contributed by atoms with van der Waals surface area (Å²) in [7, 11) is 0. The summed E-state index contributed by atoms with van der Waals surface area (Å²) in [4.78, 5) is 13.0. The predicted octanol–water partition coefficient (Wildman–Crippen LogP) is 3.28. The van der Waals surface area contributed by atoms with Gasteiger partial charge >= 0.3 is 0 Å². The number of aromatic nitrogens is 2. The van der Waals surface area contributed by atoms with Crippen LogP contribution in [-0.2, 0) is 6.42 Å². The third-order valence-electron chi connectivity index (χ3n) is 5.47. The highest BCUT2D eigenvalue weighted by molar-refractivity contribution is 7.20. The molecule has 1 aliphatic heterocycles. The minimum Gasteiger partial charge on any atom is -0.368 e. The minimum absolute atomic E-state index is 0.230. The second kappa shape index (κ2) is 5.56. The predicted molar refractivity (Wildman–Crippen MR) is 102 cm³/mol. The average Bonchev–Trinajstić information content (AvgIpc) is 3.09. The number of nitrogens with two attached hydrogens (primary N) is 2. The zero-order valence-electron chi connectivity index (χ0n) is 14.8. The molecule has 4 N–H and O–H groups in total. The summed E-state index contributed by atoms with van der Waals surface area (Å²) in [5.41, 5.74) is 14.9. The molecule has 1 saturated heterocycles. The van der Waals surface area contributed by atoms with Crippen molar-refractivity contribution in [1.82, 2.24) is 9.97 Å². The van der Waals surface area contributed by atoms with Crippen LogP contribution in [0.3, 0.4) is 0 Å². The van der Waals surface area contributed by atoms with Crippen molar-refractivity contribution in [1.29, 1.82) is 0 Å². The molecular weight excluding hydrogens is 318 g/mol. The van der Waals surface area contributed by atoms with E-state index in [0.717, 1.165) is 37.3 Å². The topological polar surface area (TPSA) is 81.1 Å². The quantitative estimate of drug-likeness (QED) is 0.829. The van der Waals surface area contributed by atoms with E-state index in [2.05, 4.69) is 35.6 Å². The Morgan fingerprint density at radius 1 is 1.21 bits per heavy atom. The smallest absolute Gasteiger partial charge is 0.222 e. The Hall–Kier alpha value is -1.40. The molecule has 1 aliphatic carbocycles. The molecule has 0 saturated carbocycles. The molecule has 4 rings (SSSR count). The molecular formula is C18H27N5S. The van der Waals surface area contributed by atoms with E-state index in [1.807, 2.05) is 11.3 Å². The van der Waals surface area contributed by atoms with Gasteiger partial charge in [-0.05, 0) is 42.6 Å². The highest BCUT2D eigenvalue weighted by Gasteiger charge is 2.35. The number of hydrogen-bond acceptors (Lipinski definition) is 6. The summed E-state index contributed by atoms with van der Waals surface area (Å²) in [6, 6.07) is 0.230. The van der Waals surface area contributed by atoms with E-state index in [4.69, 9.17) is 11.5 Å². The Bertz CT molecular complexity index is 776. The van der Waals surface area contributed by atoms with E-state index in [0.29, 0.717) is 11.9 Å². The van der Waals surface area contributed by atoms with E-state index < -0.39 is 0 Å². The molecule has 3 heterocycles. The summed E-state index contributed by atoms with van der Waals surface area (Å²) in [6.45, 7) is 8.85. The molecule has 5 nitrogen and oxygen atoms in total. The first kappa shape index (κ1) is 16.1. The molecule has 0 radical (unpaired) electrons. The number of aryl methyl sites for hydroxylation is 1. The lowest BCUT2D eigenvalue weighted by molar-refractivity contribution is 0.294. The van der Waals surface area contributed by atoms with Crippen LogP contribution in [0.1, 0.15) is 56.4 Å².